The Kier molecular flexibility index (Phi) is 3.05. The molecule has 0 aliphatic carbocycles. The van der Waals surface area contributed by atoms with Gasteiger partial charge in [-0.05, 0) is 11.4 Å². The van der Waals surface area contributed by atoms with E-state index in [-0.39, 0.29) is 0 Å². The lowest BCUT2D eigenvalue weighted by Gasteiger charge is -1.99. The predicted octanol–water partition coefficient (Wildman–Crippen LogP) is 1.50. The molecule has 0 amide bonds. The van der Waals surface area contributed by atoms with Crippen LogP contribution in [-0.4, -0.2) is 17.5 Å². The molecule has 1 aromatic heterocycles. The summed E-state index contributed by atoms with van der Waals surface area (Å²) in [6.45, 7) is 0. The van der Waals surface area contributed by atoms with Crippen LogP contribution in [0.1, 0.15) is 4.88 Å². The van der Waals surface area contributed by atoms with Gasteiger partial charge >= 0.3 is 0 Å². The summed E-state index contributed by atoms with van der Waals surface area (Å²) in [7, 11) is 0. The van der Waals surface area contributed by atoms with Crippen LogP contribution in [0.3, 0.4) is 0 Å². The lowest BCUT2D eigenvalue weighted by atomic mass is 10.2. The molecule has 11 heavy (non-hydrogen) atoms. The summed E-state index contributed by atoms with van der Waals surface area (Å²) in [5.74, 6) is 0. The zero-order chi connectivity index (χ0) is 8.27. The molecule has 4 heteroatoms. The molecule has 1 unspecified atom stereocenters. The predicted molar refractivity (Wildman–Crippen MR) is 45.1 cm³/mol. The molecular formula is C7H7ClO2S. The Morgan fingerprint density at radius 3 is 3.00 bits per heavy atom. The van der Waals surface area contributed by atoms with Crippen LogP contribution in [0.2, 0.25) is 5.02 Å². The molecule has 1 aromatic rings. The molecule has 1 atom stereocenters. The minimum atomic E-state index is -0.925. The molecule has 0 bridgehead atoms. The van der Waals surface area contributed by atoms with Gasteiger partial charge < -0.3 is 9.90 Å². The van der Waals surface area contributed by atoms with E-state index in [2.05, 4.69) is 0 Å². The summed E-state index contributed by atoms with van der Waals surface area (Å²) < 4.78 is 0. The molecule has 0 saturated heterocycles. The van der Waals surface area contributed by atoms with Gasteiger partial charge in [-0.1, -0.05) is 11.6 Å². The fraction of sp³-hybridized carbons (Fsp3) is 0.286. The summed E-state index contributed by atoms with van der Waals surface area (Å²) in [5.41, 5.74) is 0. The van der Waals surface area contributed by atoms with Crippen molar-refractivity contribution in [2.24, 2.45) is 0 Å². The molecule has 0 aromatic carbocycles. The molecule has 0 aliphatic rings. The number of aldehydes is 1. The van der Waals surface area contributed by atoms with Gasteiger partial charge in [0, 0.05) is 11.3 Å². The maximum Gasteiger partial charge on any atom is 0.148 e. The SMILES string of the molecule is O=CC(O)Cc1sccc1Cl. The van der Waals surface area contributed by atoms with Crippen molar-refractivity contribution in [2.45, 2.75) is 12.5 Å². The summed E-state index contributed by atoms with van der Waals surface area (Å²) >= 11 is 7.17. The number of carbonyl (C=O) groups excluding carboxylic acids is 1. The zero-order valence-corrected chi connectivity index (χ0v) is 7.23. The highest BCUT2D eigenvalue weighted by Crippen LogP contribution is 2.22. The number of hydrogen-bond acceptors (Lipinski definition) is 3. The van der Waals surface area contributed by atoms with Gasteiger partial charge in [-0.3, -0.25) is 0 Å². The monoisotopic (exact) mass is 190 g/mol. The fourth-order valence-corrected chi connectivity index (χ4v) is 1.87. The number of rotatable bonds is 3. The zero-order valence-electron chi connectivity index (χ0n) is 5.66. The largest absolute Gasteiger partial charge is 0.385 e. The van der Waals surface area contributed by atoms with E-state index in [0.29, 0.717) is 17.7 Å². The van der Waals surface area contributed by atoms with E-state index in [1.807, 2.05) is 5.38 Å². The van der Waals surface area contributed by atoms with Crippen LogP contribution in [0.4, 0.5) is 0 Å². The van der Waals surface area contributed by atoms with Crippen molar-refractivity contribution in [3.63, 3.8) is 0 Å². The van der Waals surface area contributed by atoms with Crippen LogP contribution in [0.15, 0.2) is 11.4 Å². The van der Waals surface area contributed by atoms with E-state index in [1.54, 1.807) is 6.07 Å². The highest BCUT2D eigenvalue weighted by Gasteiger charge is 2.07. The Labute approximate surface area is 73.4 Å². The average Bonchev–Trinajstić information content (AvgIpc) is 2.37. The number of aliphatic hydroxyl groups is 1. The fourth-order valence-electron chi connectivity index (χ4n) is 0.709. The minimum absolute atomic E-state index is 0.319. The third-order valence-electron chi connectivity index (χ3n) is 1.24. The van der Waals surface area contributed by atoms with E-state index in [0.717, 1.165) is 4.88 Å². The van der Waals surface area contributed by atoms with Crippen LogP contribution in [0.5, 0.6) is 0 Å². The van der Waals surface area contributed by atoms with Crippen LogP contribution < -0.4 is 0 Å². The quantitative estimate of drug-likeness (QED) is 0.734. The summed E-state index contributed by atoms with van der Waals surface area (Å²) in [6, 6.07) is 1.75. The summed E-state index contributed by atoms with van der Waals surface area (Å²) in [5, 5.41) is 11.4. The number of aliphatic hydroxyl groups excluding tert-OH is 1. The third kappa shape index (κ3) is 2.29. The molecule has 0 radical (unpaired) electrons. The van der Waals surface area contributed by atoms with Crippen LogP contribution in [0, 0.1) is 0 Å². The van der Waals surface area contributed by atoms with E-state index in [9.17, 15) is 4.79 Å². The van der Waals surface area contributed by atoms with Crippen LogP contribution in [-0.2, 0) is 11.2 Å². The minimum Gasteiger partial charge on any atom is -0.385 e. The van der Waals surface area contributed by atoms with Crippen molar-refractivity contribution in [3.8, 4) is 0 Å². The first-order valence-electron chi connectivity index (χ1n) is 3.09. The maximum atomic E-state index is 10.1. The Morgan fingerprint density at radius 2 is 2.55 bits per heavy atom. The second-order valence-electron chi connectivity index (χ2n) is 2.10. The summed E-state index contributed by atoms with van der Waals surface area (Å²) in [4.78, 5) is 10.9. The van der Waals surface area contributed by atoms with Gasteiger partial charge in [-0.25, -0.2) is 0 Å². The van der Waals surface area contributed by atoms with Gasteiger partial charge in [0.1, 0.15) is 12.4 Å². The van der Waals surface area contributed by atoms with Crippen LogP contribution in [0.25, 0.3) is 0 Å². The maximum absolute atomic E-state index is 10.1. The van der Waals surface area contributed by atoms with E-state index in [4.69, 9.17) is 16.7 Å². The van der Waals surface area contributed by atoms with Gasteiger partial charge in [-0.15, -0.1) is 11.3 Å². The number of halogens is 1. The van der Waals surface area contributed by atoms with Crippen LogP contribution >= 0.6 is 22.9 Å². The lowest BCUT2D eigenvalue weighted by Crippen LogP contribution is -2.10. The second-order valence-corrected chi connectivity index (χ2v) is 3.51. The summed E-state index contributed by atoms with van der Waals surface area (Å²) in [6.07, 6.45) is -0.0954. The molecule has 2 nitrogen and oxygen atoms in total. The highest BCUT2D eigenvalue weighted by molar-refractivity contribution is 7.10. The molecular weight excluding hydrogens is 184 g/mol. The number of carbonyl (C=O) groups is 1. The Bertz CT molecular complexity index is 246. The van der Waals surface area contributed by atoms with Crippen molar-refractivity contribution in [1.29, 1.82) is 0 Å². The topological polar surface area (TPSA) is 37.3 Å². The first kappa shape index (κ1) is 8.71. The molecule has 1 N–H and O–H groups in total. The van der Waals surface area contributed by atoms with Crippen molar-refractivity contribution in [1.82, 2.24) is 0 Å². The number of thiophene rings is 1. The standard InChI is InChI=1S/C7H7ClO2S/c8-6-1-2-11-7(6)3-5(10)4-9/h1-2,4-5,10H,3H2. The van der Waals surface area contributed by atoms with Gasteiger partial charge in [0.2, 0.25) is 0 Å². The highest BCUT2D eigenvalue weighted by atomic mass is 35.5. The Morgan fingerprint density at radius 1 is 1.82 bits per heavy atom. The molecule has 60 valence electrons. The van der Waals surface area contributed by atoms with Crippen molar-refractivity contribution in [3.05, 3.63) is 21.3 Å². The van der Waals surface area contributed by atoms with Gasteiger partial charge in [0.15, 0.2) is 0 Å². The van der Waals surface area contributed by atoms with Gasteiger partial charge in [0.05, 0.1) is 5.02 Å². The van der Waals surface area contributed by atoms with Crippen molar-refractivity contribution in [2.75, 3.05) is 0 Å². The molecule has 0 saturated carbocycles. The first-order valence-corrected chi connectivity index (χ1v) is 4.35. The molecule has 0 spiro atoms. The van der Waals surface area contributed by atoms with Crippen molar-refractivity contribution < 1.29 is 9.90 Å². The molecule has 0 fully saturated rings. The smallest absolute Gasteiger partial charge is 0.148 e. The van der Waals surface area contributed by atoms with Crippen molar-refractivity contribution >= 4 is 29.2 Å². The lowest BCUT2D eigenvalue weighted by molar-refractivity contribution is -0.114. The second kappa shape index (κ2) is 3.85. The van der Waals surface area contributed by atoms with Gasteiger partial charge in [-0.2, -0.15) is 0 Å². The molecule has 1 rings (SSSR count). The van der Waals surface area contributed by atoms with E-state index in [1.165, 1.54) is 11.3 Å². The first-order chi connectivity index (χ1) is 5.24. The Hall–Kier alpha value is -0.380. The van der Waals surface area contributed by atoms with E-state index < -0.39 is 6.10 Å². The molecule has 1 heterocycles. The number of hydrogen-bond donors (Lipinski definition) is 1. The Balaban J connectivity index is 2.63. The average molecular weight is 191 g/mol. The normalized spacial score (nSPS) is 12.9. The van der Waals surface area contributed by atoms with Gasteiger partial charge in [0.25, 0.3) is 0 Å². The third-order valence-corrected chi connectivity index (χ3v) is 2.65. The molecule has 0 aliphatic heterocycles. The van der Waals surface area contributed by atoms with E-state index >= 15 is 0 Å².